The highest BCUT2D eigenvalue weighted by atomic mass is 32.2. The number of carbonyl (C=O) groups excluding carboxylic acids is 1. The van der Waals surface area contributed by atoms with Gasteiger partial charge >= 0.3 is 5.97 Å². The number of anilines is 1. The van der Waals surface area contributed by atoms with Crippen molar-refractivity contribution in [2.75, 3.05) is 18.4 Å². The van der Waals surface area contributed by atoms with E-state index in [4.69, 9.17) is 0 Å². The van der Waals surface area contributed by atoms with Crippen molar-refractivity contribution in [1.82, 2.24) is 4.90 Å². The average molecular weight is 385 g/mol. The predicted molar refractivity (Wildman–Crippen MR) is 107 cm³/mol. The third kappa shape index (κ3) is 5.11. The Balaban J connectivity index is 1.68. The molecule has 3 rings (SSSR count). The van der Waals surface area contributed by atoms with Gasteiger partial charge < -0.3 is 10.4 Å². The molecule has 2 aromatic carbocycles. The second-order valence-electron chi connectivity index (χ2n) is 6.75. The number of para-hydroxylation sites is 1. The molecule has 1 aliphatic heterocycles. The number of likely N-dealkylation sites (tertiary alicyclic amines) is 1. The van der Waals surface area contributed by atoms with E-state index >= 15 is 0 Å². The quantitative estimate of drug-likeness (QED) is 0.789. The van der Waals surface area contributed by atoms with E-state index in [0.29, 0.717) is 13.0 Å². The average Bonchev–Trinajstić information content (AvgIpc) is 2.69. The number of hydrogen-bond acceptors (Lipinski definition) is 4. The van der Waals surface area contributed by atoms with Gasteiger partial charge in [-0.15, -0.1) is 0 Å². The van der Waals surface area contributed by atoms with Crippen LogP contribution < -0.4 is 5.32 Å². The van der Waals surface area contributed by atoms with Crippen LogP contribution in [0.1, 0.15) is 19.8 Å². The first kappa shape index (κ1) is 19.5. The molecule has 0 aliphatic carbocycles. The molecular weight excluding hydrogens is 360 g/mol. The second-order valence-corrected chi connectivity index (χ2v) is 7.86. The zero-order valence-corrected chi connectivity index (χ0v) is 16.1. The van der Waals surface area contributed by atoms with Crippen LogP contribution in [-0.2, 0) is 9.59 Å². The molecule has 1 heterocycles. The molecule has 5 nitrogen and oxygen atoms in total. The maximum atomic E-state index is 12.8. The maximum Gasteiger partial charge on any atom is 0.307 e. The molecular formula is C21H24N2O3S. The van der Waals surface area contributed by atoms with Crippen LogP contribution in [0.15, 0.2) is 64.4 Å². The Bertz CT molecular complexity index is 797. The number of amides is 1. The largest absolute Gasteiger partial charge is 0.481 e. The summed E-state index contributed by atoms with van der Waals surface area (Å²) in [5.74, 6) is -1.28. The summed E-state index contributed by atoms with van der Waals surface area (Å²) in [6.45, 7) is 3.01. The summed E-state index contributed by atoms with van der Waals surface area (Å²) < 4.78 is 0. The lowest BCUT2D eigenvalue weighted by molar-refractivity contribution is -0.144. The van der Waals surface area contributed by atoms with E-state index in [1.165, 1.54) is 0 Å². The van der Waals surface area contributed by atoms with Gasteiger partial charge in [-0.2, -0.15) is 0 Å². The summed E-state index contributed by atoms with van der Waals surface area (Å²) in [6.07, 6.45) is 1.48. The summed E-state index contributed by atoms with van der Waals surface area (Å²) in [6, 6.07) is 17.4. The van der Waals surface area contributed by atoms with Crippen LogP contribution in [0, 0.1) is 5.92 Å². The van der Waals surface area contributed by atoms with E-state index in [0.717, 1.165) is 28.4 Å². The maximum absolute atomic E-state index is 12.8. The van der Waals surface area contributed by atoms with Crippen molar-refractivity contribution in [3.8, 4) is 0 Å². The molecule has 0 aromatic heterocycles. The minimum atomic E-state index is -0.781. The number of aliphatic carboxylic acids is 1. The van der Waals surface area contributed by atoms with Gasteiger partial charge in [-0.25, -0.2) is 0 Å². The number of benzene rings is 2. The summed E-state index contributed by atoms with van der Waals surface area (Å²) in [7, 11) is 0. The number of carbonyl (C=O) groups is 2. The van der Waals surface area contributed by atoms with Crippen molar-refractivity contribution in [2.45, 2.75) is 35.6 Å². The first-order chi connectivity index (χ1) is 13.0. The van der Waals surface area contributed by atoms with E-state index in [9.17, 15) is 14.7 Å². The molecule has 1 aliphatic rings. The Morgan fingerprint density at radius 1 is 1.15 bits per heavy atom. The molecule has 27 heavy (non-hydrogen) atoms. The molecule has 1 saturated heterocycles. The van der Waals surface area contributed by atoms with Crippen molar-refractivity contribution in [1.29, 1.82) is 0 Å². The lowest BCUT2D eigenvalue weighted by atomic mass is 9.97. The first-order valence-electron chi connectivity index (χ1n) is 9.14. The third-order valence-corrected chi connectivity index (χ3v) is 5.93. The molecule has 0 saturated carbocycles. The fourth-order valence-corrected chi connectivity index (χ4v) is 4.16. The van der Waals surface area contributed by atoms with Crippen LogP contribution in [0.5, 0.6) is 0 Å². The van der Waals surface area contributed by atoms with E-state index in [1.807, 2.05) is 66.4 Å². The van der Waals surface area contributed by atoms with Gasteiger partial charge in [0.25, 0.3) is 0 Å². The topological polar surface area (TPSA) is 69.6 Å². The Morgan fingerprint density at radius 2 is 1.85 bits per heavy atom. The molecule has 142 valence electrons. The molecule has 0 radical (unpaired) electrons. The smallest absolute Gasteiger partial charge is 0.307 e. The van der Waals surface area contributed by atoms with E-state index < -0.39 is 11.9 Å². The van der Waals surface area contributed by atoms with Gasteiger partial charge in [0.1, 0.15) is 0 Å². The van der Waals surface area contributed by atoms with E-state index in [2.05, 4.69) is 5.32 Å². The lowest BCUT2D eigenvalue weighted by Crippen LogP contribution is -2.48. The van der Waals surface area contributed by atoms with Crippen molar-refractivity contribution in [3.05, 3.63) is 54.6 Å². The molecule has 2 unspecified atom stereocenters. The molecule has 2 atom stereocenters. The highest BCUT2D eigenvalue weighted by molar-refractivity contribution is 7.99. The monoisotopic (exact) mass is 384 g/mol. The number of piperidine rings is 1. The van der Waals surface area contributed by atoms with Crippen molar-refractivity contribution < 1.29 is 14.7 Å². The van der Waals surface area contributed by atoms with Gasteiger partial charge in [0.2, 0.25) is 5.91 Å². The zero-order chi connectivity index (χ0) is 19.2. The van der Waals surface area contributed by atoms with Crippen LogP contribution in [-0.4, -0.2) is 41.0 Å². The molecule has 6 heteroatoms. The number of carboxylic acids is 1. The summed E-state index contributed by atoms with van der Waals surface area (Å²) in [5.41, 5.74) is 0.773. The van der Waals surface area contributed by atoms with Gasteiger partial charge in [-0.3, -0.25) is 14.5 Å². The SMILES string of the molecule is CC(C(=O)Nc1ccccc1Sc1ccccc1)N1CCCC(C(=O)O)C1. The lowest BCUT2D eigenvalue weighted by Gasteiger charge is -2.34. The first-order valence-corrected chi connectivity index (χ1v) is 9.96. The van der Waals surface area contributed by atoms with Gasteiger partial charge in [0.15, 0.2) is 0 Å². The standard InChI is InChI=1S/C21H24N2O3S/c1-15(23-13-7-8-16(14-23)21(25)26)20(24)22-18-11-5-6-12-19(18)27-17-9-3-2-4-10-17/h2-6,9-12,15-16H,7-8,13-14H2,1H3,(H,22,24)(H,25,26). The fourth-order valence-electron chi connectivity index (χ4n) is 3.24. The van der Waals surface area contributed by atoms with Gasteiger partial charge in [0, 0.05) is 16.3 Å². The number of rotatable bonds is 6. The van der Waals surface area contributed by atoms with Crippen molar-refractivity contribution in [2.24, 2.45) is 5.92 Å². The molecule has 1 amide bonds. The van der Waals surface area contributed by atoms with Crippen LogP contribution in [0.2, 0.25) is 0 Å². The highest BCUT2D eigenvalue weighted by Crippen LogP contribution is 2.33. The predicted octanol–water partition coefficient (Wildman–Crippen LogP) is 3.96. The number of nitrogens with one attached hydrogen (secondary N) is 1. The minimum Gasteiger partial charge on any atom is -0.481 e. The Morgan fingerprint density at radius 3 is 2.59 bits per heavy atom. The molecule has 0 bridgehead atoms. The molecule has 2 N–H and O–H groups in total. The number of nitrogens with zero attached hydrogens (tertiary/aromatic N) is 1. The van der Waals surface area contributed by atoms with Crippen LogP contribution >= 0.6 is 11.8 Å². The van der Waals surface area contributed by atoms with Gasteiger partial charge in [-0.1, -0.05) is 42.1 Å². The fraction of sp³-hybridized carbons (Fsp3) is 0.333. The van der Waals surface area contributed by atoms with Crippen molar-refractivity contribution in [3.63, 3.8) is 0 Å². The molecule has 2 aromatic rings. The Hall–Kier alpha value is -2.31. The summed E-state index contributed by atoms with van der Waals surface area (Å²) >= 11 is 1.60. The third-order valence-electron chi connectivity index (χ3n) is 4.85. The summed E-state index contributed by atoms with van der Waals surface area (Å²) in [5, 5.41) is 12.3. The zero-order valence-electron chi connectivity index (χ0n) is 15.3. The van der Waals surface area contributed by atoms with Crippen LogP contribution in [0.25, 0.3) is 0 Å². The van der Waals surface area contributed by atoms with Gasteiger partial charge in [0.05, 0.1) is 17.6 Å². The van der Waals surface area contributed by atoms with E-state index in [-0.39, 0.29) is 11.9 Å². The van der Waals surface area contributed by atoms with Crippen LogP contribution in [0.3, 0.4) is 0 Å². The Kier molecular flexibility index (Phi) is 6.53. The molecule has 0 spiro atoms. The molecule has 1 fully saturated rings. The normalized spacial score (nSPS) is 18.6. The van der Waals surface area contributed by atoms with Crippen LogP contribution in [0.4, 0.5) is 5.69 Å². The van der Waals surface area contributed by atoms with Crippen molar-refractivity contribution >= 4 is 29.3 Å². The highest BCUT2D eigenvalue weighted by Gasteiger charge is 2.30. The number of hydrogen-bond donors (Lipinski definition) is 2. The minimum absolute atomic E-state index is 0.109. The second kappa shape index (κ2) is 9.06. The van der Waals surface area contributed by atoms with E-state index in [1.54, 1.807) is 11.8 Å². The number of carboxylic acid groups (broad SMARTS) is 1. The van der Waals surface area contributed by atoms with Gasteiger partial charge in [-0.05, 0) is 50.6 Å². The Labute approximate surface area is 163 Å². The summed E-state index contributed by atoms with van der Waals surface area (Å²) in [4.78, 5) is 28.1.